The fourth-order valence-electron chi connectivity index (χ4n) is 3.38. The monoisotopic (exact) mass is 456 g/mol. The Morgan fingerprint density at radius 3 is 2.33 bits per heavy atom. The highest BCUT2D eigenvalue weighted by molar-refractivity contribution is 5.94. The van der Waals surface area contributed by atoms with Crippen LogP contribution in [-0.4, -0.2) is 47.3 Å². The SMILES string of the molecule is COC(=O)CC(NC(=O)c1ccc2c(=O)n(C)c(=O)n(C)c2n1)c1ccc(OC)c(OC)c1. The average Bonchev–Trinajstić information content (AvgIpc) is 2.84. The fraction of sp³-hybridized carbons (Fsp3) is 0.318. The molecule has 0 radical (unpaired) electrons. The van der Waals surface area contributed by atoms with Crippen LogP contribution in [-0.2, 0) is 23.6 Å². The van der Waals surface area contributed by atoms with Crippen LogP contribution >= 0.6 is 0 Å². The molecule has 1 N–H and O–H groups in total. The van der Waals surface area contributed by atoms with Gasteiger partial charge in [-0.05, 0) is 29.8 Å². The number of carbonyl (C=O) groups is 2. The molecule has 11 heteroatoms. The van der Waals surface area contributed by atoms with E-state index >= 15 is 0 Å². The molecule has 0 aliphatic heterocycles. The van der Waals surface area contributed by atoms with Gasteiger partial charge in [-0.2, -0.15) is 0 Å². The third-order valence-corrected chi connectivity index (χ3v) is 5.25. The van der Waals surface area contributed by atoms with E-state index in [1.54, 1.807) is 18.2 Å². The second-order valence-corrected chi connectivity index (χ2v) is 7.19. The minimum Gasteiger partial charge on any atom is -0.493 e. The van der Waals surface area contributed by atoms with E-state index in [1.807, 2.05) is 0 Å². The van der Waals surface area contributed by atoms with Gasteiger partial charge in [-0.3, -0.25) is 23.5 Å². The topological polar surface area (TPSA) is 131 Å². The van der Waals surface area contributed by atoms with E-state index in [2.05, 4.69) is 10.3 Å². The van der Waals surface area contributed by atoms with Crippen molar-refractivity contribution in [3.05, 3.63) is 62.4 Å². The van der Waals surface area contributed by atoms with Crippen molar-refractivity contribution >= 4 is 22.9 Å². The molecule has 1 aromatic carbocycles. The first-order chi connectivity index (χ1) is 15.7. The van der Waals surface area contributed by atoms with E-state index in [9.17, 15) is 19.2 Å². The number of pyridine rings is 1. The van der Waals surface area contributed by atoms with Crippen LogP contribution in [0.25, 0.3) is 11.0 Å². The zero-order valence-corrected chi connectivity index (χ0v) is 18.9. The van der Waals surface area contributed by atoms with Gasteiger partial charge in [0, 0.05) is 14.1 Å². The van der Waals surface area contributed by atoms with Gasteiger partial charge < -0.3 is 19.5 Å². The van der Waals surface area contributed by atoms with Crippen molar-refractivity contribution in [1.29, 1.82) is 0 Å². The number of aryl methyl sites for hydroxylation is 1. The van der Waals surface area contributed by atoms with Crippen molar-refractivity contribution in [2.75, 3.05) is 21.3 Å². The molecule has 0 fully saturated rings. The molecule has 1 atom stereocenters. The molecule has 0 aliphatic carbocycles. The Labute approximate surface area is 188 Å². The summed E-state index contributed by atoms with van der Waals surface area (Å²) in [4.78, 5) is 53.8. The maximum atomic E-state index is 13.0. The van der Waals surface area contributed by atoms with E-state index in [1.165, 1.54) is 52.1 Å². The second kappa shape index (κ2) is 9.55. The normalized spacial score (nSPS) is 11.7. The van der Waals surface area contributed by atoms with Gasteiger partial charge in [-0.25, -0.2) is 9.78 Å². The van der Waals surface area contributed by atoms with Crippen molar-refractivity contribution in [2.24, 2.45) is 14.1 Å². The van der Waals surface area contributed by atoms with Gasteiger partial charge in [-0.1, -0.05) is 6.07 Å². The summed E-state index contributed by atoms with van der Waals surface area (Å²) in [5, 5.41) is 2.96. The lowest BCUT2D eigenvalue weighted by Gasteiger charge is -2.19. The first-order valence-corrected chi connectivity index (χ1v) is 9.88. The van der Waals surface area contributed by atoms with Crippen molar-refractivity contribution in [1.82, 2.24) is 19.4 Å². The summed E-state index contributed by atoms with van der Waals surface area (Å²) in [7, 11) is 7.05. The molecule has 33 heavy (non-hydrogen) atoms. The predicted octanol–water partition coefficient (Wildman–Crippen LogP) is 0.684. The van der Waals surface area contributed by atoms with E-state index in [0.717, 1.165) is 4.57 Å². The van der Waals surface area contributed by atoms with E-state index in [0.29, 0.717) is 17.1 Å². The number of hydrogen-bond donors (Lipinski definition) is 1. The third-order valence-electron chi connectivity index (χ3n) is 5.25. The molecule has 2 aromatic heterocycles. The maximum Gasteiger partial charge on any atom is 0.332 e. The largest absolute Gasteiger partial charge is 0.493 e. The molecule has 11 nitrogen and oxygen atoms in total. The Bertz CT molecular complexity index is 1340. The molecule has 1 unspecified atom stereocenters. The van der Waals surface area contributed by atoms with Gasteiger partial charge in [0.15, 0.2) is 11.5 Å². The number of fused-ring (bicyclic) bond motifs is 1. The smallest absolute Gasteiger partial charge is 0.332 e. The summed E-state index contributed by atoms with van der Waals surface area (Å²) in [6.07, 6.45) is -0.148. The number of esters is 1. The Morgan fingerprint density at radius 1 is 1.00 bits per heavy atom. The Hall–Kier alpha value is -4.15. The Balaban J connectivity index is 2.00. The number of rotatable bonds is 7. The lowest BCUT2D eigenvalue weighted by atomic mass is 10.0. The summed E-state index contributed by atoms with van der Waals surface area (Å²) in [6.45, 7) is 0. The zero-order chi connectivity index (χ0) is 24.3. The summed E-state index contributed by atoms with van der Waals surface area (Å²) < 4.78 is 17.5. The first kappa shape index (κ1) is 23.5. The lowest BCUT2D eigenvalue weighted by Crippen LogP contribution is -2.37. The molecular formula is C22H24N4O7. The standard InChI is InChI=1S/C22H24N4O7/c1-25-19-13(21(29)26(2)22(25)30)7-8-14(23-19)20(28)24-15(11-18(27)33-5)12-6-9-16(31-3)17(10-12)32-4/h6-10,15H,11H2,1-5H3,(H,24,28). The van der Waals surface area contributed by atoms with Crippen molar-refractivity contribution < 1.29 is 23.8 Å². The van der Waals surface area contributed by atoms with E-state index in [-0.39, 0.29) is 23.1 Å². The van der Waals surface area contributed by atoms with Crippen LogP contribution in [0.15, 0.2) is 39.9 Å². The summed E-state index contributed by atoms with van der Waals surface area (Å²) >= 11 is 0. The van der Waals surface area contributed by atoms with Crippen molar-refractivity contribution in [3.8, 4) is 11.5 Å². The van der Waals surface area contributed by atoms with Crippen LogP contribution in [0, 0.1) is 0 Å². The van der Waals surface area contributed by atoms with Gasteiger partial charge in [0.2, 0.25) is 0 Å². The highest BCUT2D eigenvalue weighted by atomic mass is 16.5. The summed E-state index contributed by atoms with van der Waals surface area (Å²) in [5.41, 5.74) is -0.450. The fourth-order valence-corrected chi connectivity index (χ4v) is 3.38. The Kier molecular flexibility index (Phi) is 6.80. The molecule has 1 amide bonds. The number of nitrogens with zero attached hydrogens (tertiary/aromatic N) is 3. The molecule has 0 spiro atoms. The molecule has 2 heterocycles. The highest BCUT2D eigenvalue weighted by Gasteiger charge is 2.22. The highest BCUT2D eigenvalue weighted by Crippen LogP contribution is 2.31. The number of ether oxygens (including phenoxy) is 3. The maximum absolute atomic E-state index is 13.0. The minimum absolute atomic E-state index is 0.0268. The number of amides is 1. The minimum atomic E-state index is -0.769. The molecular weight excluding hydrogens is 432 g/mol. The number of methoxy groups -OCH3 is 3. The Morgan fingerprint density at radius 2 is 1.70 bits per heavy atom. The molecule has 0 saturated heterocycles. The quantitative estimate of drug-likeness (QED) is 0.514. The molecule has 0 aliphatic rings. The van der Waals surface area contributed by atoms with Gasteiger partial charge in [0.25, 0.3) is 11.5 Å². The van der Waals surface area contributed by atoms with Crippen LogP contribution in [0.3, 0.4) is 0 Å². The zero-order valence-electron chi connectivity index (χ0n) is 18.9. The first-order valence-electron chi connectivity index (χ1n) is 9.88. The van der Waals surface area contributed by atoms with Crippen LogP contribution in [0.4, 0.5) is 0 Å². The second-order valence-electron chi connectivity index (χ2n) is 7.19. The molecule has 174 valence electrons. The number of aromatic nitrogens is 3. The van der Waals surface area contributed by atoms with Crippen LogP contribution < -0.4 is 26.0 Å². The summed E-state index contributed by atoms with van der Waals surface area (Å²) in [5.74, 6) is -0.224. The average molecular weight is 456 g/mol. The van der Waals surface area contributed by atoms with Gasteiger partial charge in [-0.15, -0.1) is 0 Å². The van der Waals surface area contributed by atoms with Gasteiger partial charge >= 0.3 is 11.7 Å². The van der Waals surface area contributed by atoms with Crippen LogP contribution in [0.2, 0.25) is 0 Å². The number of benzene rings is 1. The van der Waals surface area contributed by atoms with Crippen LogP contribution in [0.5, 0.6) is 11.5 Å². The number of nitrogens with one attached hydrogen (secondary N) is 1. The van der Waals surface area contributed by atoms with Crippen molar-refractivity contribution in [3.63, 3.8) is 0 Å². The molecule has 3 aromatic rings. The van der Waals surface area contributed by atoms with Crippen LogP contribution in [0.1, 0.15) is 28.5 Å². The van der Waals surface area contributed by atoms with Gasteiger partial charge in [0.05, 0.1) is 39.2 Å². The summed E-state index contributed by atoms with van der Waals surface area (Å²) in [6, 6.07) is 7.04. The van der Waals surface area contributed by atoms with Crippen molar-refractivity contribution in [2.45, 2.75) is 12.5 Å². The number of carbonyl (C=O) groups excluding carboxylic acids is 2. The molecule has 3 rings (SSSR count). The lowest BCUT2D eigenvalue weighted by molar-refractivity contribution is -0.141. The van der Waals surface area contributed by atoms with Gasteiger partial charge in [0.1, 0.15) is 11.3 Å². The third kappa shape index (κ3) is 4.56. The molecule has 0 bridgehead atoms. The predicted molar refractivity (Wildman–Crippen MR) is 119 cm³/mol. The number of hydrogen-bond acceptors (Lipinski definition) is 8. The van der Waals surface area contributed by atoms with E-state index < -0.39 is 29.2 Å². The van der Waals surface area contributed by atoms with E-state index in [4.69, 9.17) is 14.2 Å². The molecule has 0 saturated carbocycles.